The van der Waals surface area contributed by atoms with Gasteiger partial charge in [-0.1, -0.05) is 29.8 Å². The number of aromatic nitrogens is 2. The number of nitrogens with one attached hydrogen (secondary N) is 2. The van der Waals surface area contributed by atoms with E-state index in [1.54, 1.807) is 29.8 Å². The average Bonchev–Trinajstić information content (AvgIpc) is 3.03. The molecule has 0 bridgehead atoms. The minimum atomic E-state index is -0.492. The number of nitrogens with zero attached hydrogens (tertiary/aromatic N) is 2. The van der Waals surface area contributed by atoms with E-state index in [1.165, 1.54) is 30.5 Å². The van der Waals surface area contributed by atoms with Crippen LogP contribution in [0.3, 0.4) is 0 Å². The lowest BCUT2D eigenvalue weighted by Crippen LogP contribution is -2.42. The number of carbonyl (C=O) groups excluding carboxylic acids is 2. The van der Waals surface area contributed by atoms with Gasteiger partial charge in [-0.3, -0.25) is 20.4 Å². The van der Waals surface area contributed by atoms with Gasteiger partial charge in [0.25, 0.3) is 5.91 Å². The summed E-state index contributed by atoms with van der Waals surface area (Å²) in [4.78, 5) is 24.3. The van der Waals surface area contributed by atoms with E-state index in [9.17, 15) is 14.0 Å². The Bertz CT molecular complexity index is 986. The van der Waals surface area contributed by atoms with E-state index in [0.717, 1.165) is 5.69 Å². The van der Waals surface area contributed by atoms with Crippen LogP contribution in [0.1, 0.15) is 21.6 Å². The molecule has 0 fully saturated rings. The summed E-state index contributed by atoms with van der Waals surface area (Å²) in [7, 11) is 0. The molecule has 0 saturated heterocycles. The predicted molar refractivity (Wildman–Crippen MR) is 99.0 cm³/mol. The summed E-state index contributed by atoms with van der Waals surface area (Å²) in [6.07, 6.45) is 1.43. The monoisotopic (exact) mass is 386 g/mol. The molecule has 3 aromatic rings. The molecule has 2 aromatic carbocycles. The smallest absolute Gasteiger partial charge is 0.273 e. The van der Waals surface area contributed by atoms with E-state index in [4.69, 9.17) is 11.6 Å². The Labute approximate surface area is 159 Å². The fourth-order valence-corrected chi connectivity index (χ4v) is 2.71. The maximum absolute atomic E-state index is 12.9. The second kappa shape index (κ2) is 8.01. The largest absolute Gasteiger partial charge is 0.273 e. The van der Waals surface area contributed by atoms with Gasteiger partial charge in [0.15, 0.2) is 0 Å². The van der Waals surface area contributed by atoms with E-state index in [0.29, 0.717) is 21.8 Å². The Balaban J connectivity index is 1.63. The fourth-order valence-electron chi connectivity index (χ4n) is 2.53. The number of amides is 2. The summed E-state index contributed by atoms with van der Waals surface area (Å²) >= 11 is 5.99. The standard InChI is InChI=1S/C19H16ClFN4O2/c1-12-17(11-22-25(12)16-4-2-3-14(20)10-16)19(27)24-23-18(26)9-13-5-7-15(21)8-6-13/h2-8,10-11H,9H2,1H3,(H,23,26)(H,24,27). The van der Waals surface area contributed by atoms with Crippen molar-refractivity contribution in [3.8, 4) is 5.69 Å². The van der Waals surface area contributed by atoms with Crippen molar-refractivity contribution in [2.75, 3.05) is 0 Å². The van der Waals surface area contributed by atoms with Crippen LogP contribution in [0.15, 0.2) is 54.7 Å². The minimum Gasteiger partial charge on any atom is -0.273 e. The molecule has 0 radical (unpaired) electrons. The third-order valence-electron chi connectivity index (χ3n) is 3.90. The van der Waals surface area contributed by atoms with Crippen molar-refractivity contribution in [1.29, 1.82) is 0 Å². The zero-order valence-corrected chi connectivity index (χ0v) is 15.1. The Hall–Kier alpha value is -3.19. The number of halogens is 2. The Morgan fingerprint density at radius 3 is 2.59 bits per heavy atom. The molecule has 0 aliphatic carbocycles. The highest BCUT2D eigenvalue weighted by molar-refractivity contribution is 6.30. The number of carbonyl (C=O) groups is 2. The maximum atomic E-state index is 12.9. The van der Waals surface area contributed by atoms with Gasteiger partial charge in [-0.25, -0.2) is 9.07 Å². The first-order chi connectivity index (χ1) is 12.9. The van der Waals surface area contributed by atoms with Crippen molar-refractivity contribution in [3.05, 3.63) is 82.4 Å². The van der Waals surface area contributed by atoms with E-state index < -0.39 is 11.8 Å². The van der Waals surface area contributed by atoms with Gasteiger partial charge in [0, 0.05) is 5.02 Å². The van der Waals surface area contributed by atoms with Gasteiger partial charge in [-0.05, 0) is 42.8 Å². The molecule has 0 saturated carbocycles. The molecule has 2 N–H and O–H groups in total. The van der Waals surface area contributed by atoms with Crippen LogP contribution in [-0.2, 0) is 11.2 Å². The average molecular weight is 387 g/mol. The van der Waals surface area contributed by atoms with Crippen molar-refractivity contribution < 1.29 is 14.0 Å². The molecule has 0 spiro atoms. The number of rotatable bonds is 4. The predicted octanol–water partition coefficient (Wildman–Crippen LogP) is 2.98. The molecule has 8 heteroatoms. The fraction of sp³-hybridized carbons (Fsp3) is 0.105. The Morgan fingerprint density at radius 1 is 1.15 bits per heavy atom. The van der Waals surface area contributed by atoms with Crippen LogP contribution >= 0.6 is 11.6 Å². The molecular weight excluding hydrogens is 371 g/mol. The van der Waals surface area contributed by atoms with Crippen LogP contribution in [-0.4, -0.2) is 21.6 Å². The number of hydrazine groups is 1. The van der Waals surface area contributed by atoms with Gasteiger partial charge in [-0.2, -0.15) is 5.10 Å². The summed E-state index contributed by atoms with van der Waals surface area (Å²) in [6, 6.07) is 12.6. The van der Waals surface area contributed by atoms with E-state index in [1.807, 2.05) is 6.07 Å². The molecule has 3 rings (SSSR count). The van der Waals surface area contributed by atoms with Crippen LogP contribution in [0.4, 0.5) is 4.39 Å². The van der Waals surface area contributed by atoms with Gasteiger partial charge >= 0.3 is 0 Å². The molecule has 0 atom stereocenters. The number of hydrogen-bond donors (Lipinski definition) is 2. The lowest BCUT2D eigenvalue weighted by Gasteiger charge is -2.08. The van der Waals surface area contributed by atoms with Gasteiger partial charge in [-0.15, -0.1) is 0 Å². The maximum Gasteiger partial charge on any atom is 0.273 e. The molecule has 0 unspecified atom stereocenters. The van der Waals surface area contributed by atoms with Gasteiger partial charge in [0.1, 0.15) is 5.82 Å². The quantitative estimate of drug-likeness (QED) is 0.677. The van der Waals surface area contributed by atoms with Gasteiger partial charge in [0.2, 0.25) is 5.91 Å². The van der Waals surface area contributed by atoms with E-state index in [-0.39, 0.29) is 12.2 Å². The second-order valence-electron chi connectivity index (χ2n) is 5.84. The molecule has 2 amide bonds. The molecule has 1 aromatic heterocycles. The molecule has 138 valence electrons. The van der Waals surface area contributed by atoms with E-state index >= 15 is 0 Å². The molecule has 27 heavy (non-hydrogen) atoms. The number of hydrogen-bond acceptors (Lipinski definition) is 3. The highest BCUT2D eigenvalue weighted by Gasteiger charge is 2.16. The highest BCUT2D eigenvalue weighted by Crippen LogP contribution is 2.17. The van der Waals surface area contributed by atoms with E-state index in [2.05, 4.69) is 16.0 Å². The zero-order chi connectivity index (χ0) is 19.4. The van der Waals surface area contributed by atoms with Crippen LogP contribution < -0.4 is 10.9 Å². The first kappa shape index (κ1) is 18.6. The lowest BCUT2D eigenvalue weighted by molar-refractivity contribution is -0.121. The third-order valence-corrected chi connectivity index (χ3v) is 4.14. The zero-order valence-electron chi connectivity index (χ0n) is 14.4. The lowest BCUT2D eigenvalue weighted by atomic mass is 10.1. The molecule has 0 aliphatic heterocycles. The Morgan fingerprint density at radius 2 is 1.89 bits per heavy atom. The summed E-state index contributed by atoms with van der Waals surface area (Å²) in [5, 5.41) is 4.76. The third kappa shape index (κ3) is 4.51. The van der Waals surface area contributed by atoms with Crippen LogP contribution in [0.25, 0.3) is 5.69 Å². The van der Waals surface area contributed by atoms with Crippen molar-refractivity contribution in [1.82, 2.24) is 20.6 Å². The number of benzene rings is 2. The van der Waals surface area contributed by atoms with Crippen molar-refractivity contribution >= 4 is 23.4 Å². The minimum absolute atomic E-state index is 0.0152. The first-order valence-corrected chi connectivity index (χ1v) is 8.46. The Kier molecular flexibility index (Phi) is 5.52. The van der Waals surface area contributed by atoms with Crippen LogP contribution in [0, 0.1) is 12.7 Å². The summed E-state index contributed by atoms with van der Waals surface area (Å²) < 4.78 is 14.5. The molecule has 6 nitrogen and oxygen atoms in total. The summed E-state index contributed by atoms with van der Waals surface area (Å²) in [5.41, 5.74) is 6.96. The van der Waals surface area contributed by atoms with Crippen molar-refractivity contribution in [2.45, 2.75) is 13.3 Å². The summed E-state index contributed by atoms with van der Waals surface area (Å²) in [5.74, 6) is -1.29. The molecular formula is C19H16ClFN4O2. The normalized spacial score (nSPS) is 10.5. The van der Waals surface area contributed by atoms with Crippen molar-refractivity contribution in [3.63, 3.8) is 0 Å². The first-order valence-electron chi connectivity index (χ1n) is 8.08. The summed E-state index contributed by atoms with van der Waals surface area (Å²) in [6.45, 7) is 1.74. The van der Waals surface area contributed by atoms with Crippen LogP contribution in [0.2, 0.25) is 5.02 Å². The topological polar surface area (TPSA) is 76.0 Å². The van der Waals surface area contributed by atoms with Gasteiger partial charge in [0.05, 0.1) is 29.6 Å². The molecule has 0 aliphatic rings. The second-order valence-corrected chi connectivity index (χ2v) is 6.28. The van der Waals surface area contributed by atoms with Crippen LogP contribution in [0.5, 0.6) is 0 Å². The van der Waals surface area contributed by atoms with Gasteiger partial charge < -0.3 is 0 Å². The SMILES string of the molecule is Cc1c(C(=O)NNC(=O)Cc2ccc(F)cc2)cnn1-c1cccc(Cl)c1. The van der Waals surface area contributed by atoms with Crippen molar-refractivity contribution in [2.24, 2.45) is 0 Å². The highest BCUT2D eigenvalue weighted by atomic mass is 35.5. The molecule has 1 heterocycles.